The molecular weight excluding hydrogens is 500 g/mol. The number of hydrogen-bond acceptors (Lipinski definition) is 3. The van der Waals surface area contributed by atoms with E-state index in [1.54, 1.807) is 23.5 Å². The summed E-state index contributed by atoms with van der Waals surface area (Å²) in [5, 5.41) is 5.38. The molecule has 1 N–H and O–H groups in total. The number of nitrogens with zero attached hydrogens (tertiary/aromatic N) is 1. The second-order valence-corrected chi connectivity index (χ2v) is 10.9. The first kappa shape index (κ1) is 29.2. The van der Waals surface area contributed by atoms with Crippen molar-refractivity contribution < 1.29 is 14.1 Å². The number of anilines is 1. The summed E-state index contributed by atoms with van der Waals surface area (Å²) in [6.07, 6.45) is 17.9. The highest BCUT2D eigenvalue weighted by atomic mass is 35.5. The second kappa shape index (κ2) is 17.2. The quantitative estimate of drug-likeness (QED) is 0.129. The molecule has 200 valence electrons. The van der Waals surface area contributed by atoms with Gasteiger partial charge in [0, 0.05) is 11.3 Å². The van der Waals surface area contributed by atoms with Gasteiger partial charge in [-0.15, -0.1) is 0 Å². The molecule has 3 rings (SSSR count). The summed E-state index contributed by atoms with van der Waals surface area (Å²) in [7, 11) is 0. The maximum absolute atomic E-state index is 12.7. The van der Waals surface area contributed by atoms with Crippen LogP contribution in [-0.2, 0) is 6.54 Å². The zero-order valence-corrected chi connectivity index (χ0v) is 23.8. The minimum atomic E-state index is -0.225. The Hall–Kier alpha value is -2.37. The molecule has 37 heavy (non-hydrogen) atoms. The molecule has 0 fully saturated rings. The van der Waals surface area contributed by atoms with Crippen LogP contribution in [0.3, 0.4) is 0 Å². The van der Waals surface area contributed by atoms with Crippen molar-refractivity contribution in [2.75, 3.05) is 11.9 Å². The van der Waals surface area contributed by atoms with Gasteiger partial charge >= 0.3 is 0 Å². The maximum Gasteiger partial charge on any atom is 0.257 e. The van der Waals surface area contributed by atoms with Crippen molar-refractivity contribution in [3.8, 4) is 5.75 Å². The van der Waals surface area contributed by atoms with Crippen LogP contribution in [0.5, 0.6) is 5.75 Å². The number of nitrogens with one attached hydrogen (secondary N) is 1. The molecule has 1 amide bonds. The number of benzene rings is 2. The van der Waals surface area contributed by atoms with Gasteiger partial charge < -0.3 is 10.1 Å². The van der Waals surface area contributed by atoms with Crippen LogP contribution in [0.4, 0.5) is 5.69 Å². The van der Waals surface area contributed by atoms with E-state index >= 15 is 0 Å². The number of halogens is 1. The molecule has 0 spiro atoms. The topological polar surface area (TPSA) is 42.2 Å². The zero-order valence-electron chi connectivity index (χ0n) is 22.2. The minimum absolute atomic E-state index is 0.225. The Morgan fingerprint density at radius 2 is 1.54 bits per heavy atom. The van der Waals surface area contributed by atoms with E-state index in [1.165, 1.54) is 76.2 Å². The van der Waals surface area contributed by atoms with E-state index in [2.05, 4.69) is 28.5 Å². The number of ether oxygens (including phenoxy) is 1. The fourth-order valence-corrected chi connectivity index (χ4v) is 5.21. The van der Waals surface area contributed by atoms with Gasteiger partial charge in [0.15, 0.2) is 12.7 Å². The van der Waals surface area contributed by atoms with Crippen LogP contribution in [-0.4, -0.2) is 12.5 Å². The number of hydrogen-bond donors (Lipinski definition) is 1. The first-order valence-electron chi connectivity index (χ1n) is 13.9. The van der Waals surface area contributed by atoms with E-state index in [9.17, 15) is 4.79 Å². The lowest BCUT2D eigenvalue weighted by atomic mass is 10.1. The van der Waals surface area contributed by atoms with Crippen LogP contribution in [0.1, 0.15) is 99.9 Å². The molecule has 2 aromatic carbocycles. The van der Waals surface area contributed by atoms with Crippen molar-refractivity contribution in [2.45, 2.75) is 90.5 Å². The molecule has 0 atom stereocenters. The third-order valence-corrected chi connectivity index (χ3v) is 7.54. The molecule has 0 unspecified atom stereocenters. The molecule has 0 saturated heterocycles. The Morgan fingerprint density at radius 1 is 0.892 bits per heavy atom. The van der Waals surface area contributed by atoms with Crippen LogP contribution in [0.15, 0.2) is 59.6 Å². The standard InChI is InChI=1S/C31H41ClN2O2S/c1-2-3-4-5-6-7-8-9-10-11-12-13-21-36-28-18-19-29(30(32)23-28)31(35)33-27-16-14-26(15-17-27)24-34-20-22-37-25-34/h14-20,22-23,25H,2-13,21,24H2,1H3/p+1. The SMILES string of the molecule is CCCCCCCCCCCCCCOc1ccc(C(=O)Nc2ccc(C[n+]3ccsc3)cc2)c(Cl)c1. The van der Waals surface area contributed by atoms with Crippen molar-refractivity contribution in [3.63, 3.8) is 0 Å². The van der Waals surface area contributed by atoms with Crippen LogP contribution >= 0.6 is 22.9 Å². The largest absolute Gasteiger partial charge is 0.494 e. The molecule has 3 aromatic rings. The minimum Gasteiger partial charge on any atom is -0.494 e. The normalized spacial score (nSPS) is 11.0. The van der Waals surface area contributed by atoms with Gasteiger partial charge in [-0.25, -0.2) is 0 Å². The number of unbranched alkanes of at least 4 members (excludes halogenated alkanes) is 11. The van der Waals surface area contributed by atoms with Gasteiger partial charge in [-0.3, -0.25) is 4.79 Å². The van der Waals surface area contributed by atoms with Crippen LogP contribution in [0.2, 0.25) is 5.02 Å². The van der Waals surface area contributed by atoms with Crippen LogP contribution < -0.4 is 14.6 Å². The molecule has 1 heterocycles. The van der Waals surface area contributed by atoms with Crippen molar-refractivity contribution >= 4 is 34.5 Å². The van der Waals surface area contributed by atoms with Crippen molar-refractivity contribution in [1.82, 2.24) is 0 Å². The second-order valence-electron chi connectivity index (χ2n) is 9.73. The molecular formula is C31H42ClN2O2S+. The molecule has 1 aromatic heterocycles. The molecule has 0 bridgehead atoms. The monoisotopic (exact) mass is 541 g/mol. The summed E-state index contributed by atoms with van der Waals surface area (Å²) in [5.41, 5.74) is 4.43. The molecule has 0 aliphatic carbocycles. The lowest BCUT2D eigenvalue weighted by Gasteiger charge is -2.10. The fourth-order valence-electron chi connectivity index (χ4n) is 4.36. The average molecular weight is 542 g/mol. The lowest BCUT2D eigenvalue weighted by Crippen LogP contribution is -2.30. The number of aromatic nitrogens is 1. The van der Waals surface area contributed by atoms with Gasteiger partial charge in [0.2, 0.25) is 5.51 Å². The predicted octanol–water partition coefficient (Wildman–Crippen LogP) is 9.07. The van der Waals surface area contributed by atoms with E-state index in [1.807, 2.05) is 35.7 Å². The van der Waals surface area contributed by atoms with Gasteiger partial charge in [0.05, 0.1) is 22.6 Å². The molecule has 4 nitrogen and oxygen atoms in total. The highest BCUT2D eigenvalue weighted by molar-refractivity contribution is 7.07. The molecule has 6 heteroatoms. The van der Waals surface area contributed by atoms with Gasteiger partial charge in [-0.2, -0.15) is 4.57 Å². The summed E-state index contributed by atoms with van der Waals surface area (Å²) >= 11 is 8.08. The van der Waals surface area contributed by atoms with Crippen LogP contribution in [0.25, 0.3) is 0 Å². The third kappa shape index (κ3) is 11.3. The van der Waals surface area contributed by atoms with Gasteiger partial charge in [0.1, 0.15) is 5.75 Å². The van der Waals surface area contributed by atoms with Gasteiger partial charge in [-0.05, 0) is 36.8 Å². The number of rotatable bonds is 18. The predicted molar refractivity (Wildman–Crippen MR) is 156 cm³/mol. The Bertz CT molecular complexity index is 1040. The first-order valence-corrected chi connectivity index (χ1v) is 15.2. The highest BCUT2D eigenvalue weighted by Gasteiger charge is 2.12. The Morgan fingerprint density at radius 3 is 2.14 bits per heavy atom. The van der Waals surface area contributed by atoms with E-state index < -0.39 is 0 Å². The van der Waals surface area contributed by atoms with Gasteiger partial charge in [-0.1, -0.05) is 113 Å². The van der Waals surface area contributed by atoms with Crippen molar-refractivity contribution in [2.24, 2.45) is 0 Å². The summed E-state index contributed by atoms with van der Waals surface area (Å²) in [6.45, 7) is 3.75. The molecule has 0 aliphatic heterocycles. The fraction of sp³-hybridized carbons (Fsp3) is 0.484. The Kier molecular flexibility index (Phi) is 13.6. The first-order chi connectivity index (χ1) is 18.2. The Balaban J connectivity index is 1.29. The van der Waals surface area contributed by atoms with E-state index in [-0.39, 0.29) is 5.91 Å². The maximum atomic E-state index is 12.7. The highest BCUT2D eigenvalue weighted by Crippen LogP contribution is 2.24. The smallest absolute Gasteiger partial charge is 0.257 e. The van der Waals surface area contributed by atoms with Crippen molar-refractivity contribution in [1.29, 1.82) is 0 Å². The van der Waals surface area contributed by atoms with E-state index in [0.717, 1.165) is 18.7 Å². The molecule has 0 radical (unpaired) electrons. The Labute approximate surface area is 232 Å². The van der Waals surface area contributed by atoms with E-state index in [0.29, 0.717) is 22.9 Å². The number of amides is 1. The summed E-state index contributed by atoms with van der Waals surface area (Å²) in [6, 6.07) is 13.2. The summed E-state index contributed by atoms with van der Waals surface area (Å²) in [5.74, 6) is 0.484. The van der Waals surface area contributed by atoms with Crippen molar-refractivity contribution in [3.05, 3.63) is 75.7 Å². The van der Waals surface area contributed by atoms with E-state index in [4.69, 9.17) is 16.3 Å². The molecule has 0 saturated carbocycles. The third-order valence-electron chi connectivity index (χ3n) is 6.56. The van der Waals surface area contributed by atoms with Crippen LogP contribution in [0, 0.1) is 0 Å². The zero-order chi connectivity index (χ0) is 26.1. The number of thiazole rings is 1. The summed E-state index contributed by atoms with van der Waals surface area (Å²) < 4.78 is 8.00. The number of carbonyl (C=O) groups excluding carboxylic acids is 1. The lowest BCUT2D eigenvalue weighted by molar-refractivity contribution is -0.683. The summed E-state index contributed by atoms with van der Waals surface area (Å²) in [4.78, 5) is 12.7. The number of carbonyl (C=O) groups is 1. The average Bonchev–Trinajstić information content (AvgIpc) is 3.41. The molecule has 0 aliphatic rings. The van der Waals surface area contributed by atoms with Gasteiger partial charge in [0.25, 0.3) is 5.91 Å².